The van der Waals surface area contributed by atoms with Crippen LogP contribution in [0.3, 0.4) is 0 Å². The first kappa shape index (κ1) is 12.7. The van der Waals surface area contributed by atoms with Crippen molar-refractivity contribution in [2.24, 2.45) is 5.84 Å². The van der Waals surface area contributed by atoms with Crippen LogP contribution in [0.25, 0.3) is 0 Å². The fraction of sp³-hybridized carbons (Fsp3) is 0.222. The molecule has 8 heteroatoms. The third kappa shape index (κ3) is 2.61. The number of nitrogens with two attached hydrogens (primary N) is 1. The summed E-state index contributed by atoms with van der Waals surface area (Å²) in [5.74, 6) is 3.84. The van der Waals surface area contributed by atoms with Crippen LogP contribution in [-0.2, 0) is 0 Å². The van der Waals surface area contributed by atoms with Gasteiger partial charge in [0.1, 0.15) is 17.0 Å². The number of hydrazine groups is 1. The first-order valence-corrected chi connectivity index (χ1v) is 4.66. The summed E-state index contributed by atoms with van der Waals surface area (Å²) in [6.45, 7) is 1.91. The number of anilines is 1. The number of rotatable bonds is 5. The number of carboxylic acid groups (broad SMARTS) is 1. The lowest BCUT2D eigenvalue weighted by Gasteiger charge is -2.09. The number of aromatic carboxylic acids is 1. The Bertz CT molecular complexity index is 460. The van der Waals surface area contributed by atoms with E-state index < -0.39 is 16.6 Å². The highest BCUT2D eigenvalue weighted by Crippen LogP contribution is 2.32. The number of hydrogen-bond donors (Lipinski definition) is 3. The molecule has 0 aliphatic heterocycles. The van der Waals surface area contributed by atoms with Gasteiger partial charge in [0.15, 0.2) is 0 Å². The van der Waals surface area contributed by atoms with Crippen molar-refractivity contribution in [1.29, 1.82) is 0 Å². The van der Waals surface area contributed by atoms with Crippen molar-refractivity contribution in [1.82, 2.24) is 0 Å². The number of ether oxygens (including phenoxy) is 1. The van der Waals surface area contributed by atoms with Gasteiger partial charge in [-0.25, -0.2) is 4.79 Å². The number of hydrogen-bond acceptors (Lipinski definition) is 6. The van der Waals surface area contributed by atoms with Gasteiger partial charge in [0.25, 0.3) is 5.69 Å². The molecule has 0 unspecified atom stereocenters. The molecule has 0 bridgehead atoms. The molecule has 0 spiro atoms. The SMILES string of the molecule is CCOc1cc(NN)c([N+](=O)[O-])cc1C(=O)O. The molecule has 0 aliphatic carbocycles. The summed E-state index contributed by atoms with van der Waals surface area (Å²) in [4.78, 5) is 20.9. The second kappa shape index (κ2) is 5.12. The largest absolute Gasteiger partial charge is 0.493 e. The zero-order chi connectivity index (χ0) is 13.0. The Balaban J connectivity index is 3.41. The van der Waals surface area contributed by atoms with Gasteiger partial charge >= 0.3 is 5.97 Å². The van der Waals surface area contributed by atoms with E-state index in [1.54, 1.807) is 6.92 Å². The Morgan fingerprint density at radius 3 is 2.71 bits per heavy atom. The Labute approximate surface area is 96.1 Å². The molecule has 4 N–H and O–H groups in total. The minimum absolute atomic E-state index is 0.0107. The van der Waals surface area contributed by atoms with Gasteiger partial charge in [-0.05, 0) is 6.92 Å². The van der Waals surface area contributed by atoms with Crippen LogP contribution in [0.15, 0.2) is 12.1 Å². The first-order chi connectivity index (χ1) is 8.01. The van der Waals surface area contributed by atoms with E-state index >= 15 is 0 Å². The number of benzene rings is 1. The Morgan fingerprint density at radius 1 is 1.65 bits per heavy atom. The third-order valence-corrected chi connectivity index (χ3v) is 1.98. The van der Waals surface area contributed by atoms with E-state index in [-0.39, 0.29) is 23.6 Å². The molecule has 0 aliphatic rings. The maximum Gasteiger partial charge on any atom is 0.339 e. The highest BCUT2D eigenvalue weighted by atomic mass is 16.6. The lowest BCUT2D eigenvalue weighted by Crippen LogP contribution is -2.11. The minimum Gasteiger partial charge on any atom is -0.493 e. The van der Waals surface area contributed by atoms with Crippen LogP contribution < -0.4 is 16.0 Å². The van der Waals surface area contributed by atoms with Crippen molar-refractivity contribution in [2.75, 3.05) is 12.0 Å². The van der Waals surface area contributed by atoms with Gasteiger partial charge < -0.3 is 15.3 Å². The molecule has 1 aromatic carbocycles. The fourth-order valence-corrected chi connectivity index (χ4v) is 1.28. The molecule has 0 fully saturated rings. The van der Waals surface area contributed by atoms with Crippen molar-refractivity contribution in [3.63, 3.8) is 0 Å². The maximum absolute atomic E-state index is 10.9. The van der Waals surface area contributed by atoms with Crippen molar-refractivity contribution >= 4 is 17.3 Å². The summed E-state index contributed by atoms with van der Waals surface area (Å²) >= 11 is 0. The van der Waals surface area contributed by atoms with Crippen LogP contribution >= 0.6 is 0 Å². The lowest BCUT2D eigenvalue weighted by molar-refractivity contribution is -0.384. The normalized spacial score (nSPS) is 9.76. The van der Waals surface area contributed by atoms with Gasteiger partial charge in [-0.3, -0.25) is 16.0 Å². The zero-order valence-corrected chi connectivity index (χ0v) is 8.97. The third-order valence-electron chi connectivity index (χ3n) is 1.98. The van der Waals surface area contributed by atoms with Crippen LogP contribution in [0.2, 0.25) is 0 Å². The summed E-state index contributed by atoms with van der Waals surface area (Å²) in [5.41, 5.74) is 1.41. The van der Waals surface area contributed by atoms with Gasteiger partial charge in [-0.1, -0.05) is 0 Å². The second-order valence-corrected chi connectivity index (χ2v) is 3.01. The molecule has 0 amide bonds. The topological polar surface area (TPSA) is 128 Å². The molecular formula is C9H11N3O5. The highest BCUT2D eigenvalue weighted by Gasteiger charge is 2.21. The number of nitrogens with zero attached hydrogens (tertiary/aromatic N) is 1. The molecule has 0 saturated heterocycles. The number of nitro benzene ring substituents is 1. The second-order valence-electron chi connectivity index (χ2n) is 3.01. The van der Waals surface area contributed by atoms with Crippen LogP contribution in [-0.4, -0.2) is 22.6 Å². The average molecular weight is 241 g/mol. The van der Waals surface area contributed by atoms with Crippen LogP contribution in [0.5, 0.6) is 5.75 Å². The standard InChI is InChI=1S/C9H11N3O5/c1-2-17-8-4-6(11-10)7(12(15)16)3-5(8)9(13)14/h3-4,11H,2,10H2,1H3,(H,13,14). The van der Waals surface area contributed by atoms with Gasteiger partial charge in [0.05, 0.1) is 11.5 Å². The smallest absolute Gasteiger partial charge is 0.339 e. The van der Waals surface area contributed by atoms with E-state index in [2.05, 4.69) is 5.43 Å². The predicted molar refractivity (Wildman–Crippen MR) is 59.0 cm³/mol. The molecule has 0 aromatic heterocycles. The number of carbonyl (C=O) groups is 1. The van der Waals surface area contributed by atoms with Crippen LogP contribution in [0.1, 0.15) is 17.3 Å². The monoisotopic (exact) mass is 241 g/mol. The van der Waals surface area contributed by atoms with Crippen molar-refractivity contribution < 1.29 is 19.6 Å². The predicted octanol–water partition coefficient (Wildman–Crippen LogP) is 0.977. The summed E-state index contributed by atoms with van der Waals surface area (Å²) in [6, 6.07) is 2.09. The van der Waals surface area contributed by atoms with Crippen molar-refractivity contribution in [3.05, 3.63) is 27.8 Å². The van der Waals surface area contributed by atoms with E-state index in [1.165, 1.54) is 6.07 Å². The fourth-order valence-electron chi connectivity index (χ4n) is 1.28. The Hall–Kier alpha value is -2.35. The Morgan fingerprint density at radius 2 is 2.29 bits per heavy atom. The Kier molecular flexibility index (Phi) is 3.83. The van der Waals surface area contributed by atoms with E-state index in [4.69, 9.17) is 15.7 Å². The number of nitrogen functional groups attached to an aromatic ring is 1. The summed E-state index contributed by atoms with van der Waals surface area (Å²) in [5, 5.41) is 19.6. The minimum atomic E-state index is -1.31. The van der Waals surface area contributed by atoms with E-state index in [1.807, 2.05) is 0 Å². The lowest BCUT2D eigenvalue weighted by atomic mass is 10.1. The summed E-state index contributed by atoms with van der Waals surface area (Å²) in [7, 11) is 0. The van der Waals surface area contributed by atoms with Crippen LogP contribution in [0.4, 0.5) is 11.4 Å². The summed E-state index contributed by atoms with van der Waals surface area (Å²) < 4.78 is 5.08. The van der Waals surface area contributed by atoms with Crippen molar-refractivity contribution in [2.45, 2.75) is 6.92 Å². The molecule has 8 nitrogen and oxygen atoms in total. The molecule has 0 heterocycles. The maximum atomic E-state index is 10.9. The quantitative estimate of drug-likeness (QED) is 0.398. The number of nitrogens with one attached hydrogen (secondary N) is 1. The van der Waals surface area contributed by atoms with Crippen LogP contribution in [0, 0.1) is 10.1 Å². The number of nitro groups is 1. The molecular weight excluding hydrogens is 230 g/mol. The van der Waals surface area contributed by atoms with E-state index in [0.29, 0.717) is 0 Å². The van der Waals surface area contributed by atoms with E-state index in [9.17, 15) is 14.9 Å². The van der Waals surface area contributed by atoms with E-state index in [0.717, 1.165) is 6.07 Å². The average Bonchev–Trinajstić information content (AvgIpc) is 2.28. The van der Waals surface area contributed by atoms with Gasteiger partial charge in [0, 0.05) is 12.1 Å². The molecule has 0 radical (unpaired) electrons. The molecule has 0 atom stereocenters. The molecule has 17 heavy (non-hydrogen) atoms. The number of carboxylic acids is 1. The first-order valence-electron chi connectivity index (χ1n) is 4.66. The molecule has 0 saturated carbocycles. The molecule has 1 rings (SSSR count). The molecule has 92 valence electrons. The van der Waals surface area contributed by atoms with Gasteiger partial charge in [0.2, 0.25) is 0 Å². The zero-order valence-electron chi connectivity index (χ0n) is 8.97. The highest BCUT2D eigenvalue weighted by molar-refractivity contribution is 5.93. The van der Waals surface area contributed by atoms with Gasteiger partial charge in [-0.15, -0.1) is 0 Å². The summed E-state index contributed by atoms with van der Waals surface area (Å²) in [6.07, 6.45) is 0. The van der Waals surface area contributed by atoms with Crippen molar-refractivity contribution in [3.8, 4) is 5.75 Å². The van der Waals surface area contributed by atoms with Gasteiger partial charge in [-0.2, -0.15) is 0 Å². The molecule has 1 aromatic rings.